The van der Waals surface area contributed by atoms with Gasteiger partial charge in [-0.25, -0.2) is 8.42 Å². The molecule has 0 aromatic heterocycles. The molecule has 0 heterocycles. The van der Waals surface area contributed by atoms with Crippen molar-refractivity contribution in [2.75, 3.05) is 24.5 Å². The zero-order valence-electron chi connectivity index (χ0n) is 11.7. The molecule has 0 saturated carbocycles. The normalized spacial score (nSPS) is 12.4. The molecule has 2 N–H and O–H groups in total. The van der Waals surface area contributed by atoms with Crippen molar-refractivity contribution in [3.05, 3.63) is 24.3 Å². The lowest BCUT2D eigenvalue weighted by Gasteiger charge is -2.24. The van der Waals surface area contributed by atoms with Crippen LogP contribution in [0, 0.1) is 0 Å². The van der Waals surface area contributed by atoms with Crippen molar-refractivity contribution in [2.45, 2.75) is 30.2 Å². The molecule has 0 aliphatic heterocycles. The SMILES string of the molecule is CCCCN(CCN)c1ccc(S(=O)(=O)C(F)(F)F)cc1. The van der Waals surface area contributed by atoms with Crippen molar-refractivity contribution in [3.63, 3.8) is 0 Å². The van der Waals surface area contributed by atoms with Gasteiger partial charge in [0.1, 0.15) is 0 Å². The molecule has 4 nitrogen and oxygen atoms in total. The molecule has 0 bridgehead atoms. The van der Waals surface area contributed by atoms with Gasteiger partial charge in [-0.3, -0.25) is 0 Å². The van der Waals surface area contributed by atoms with Gasteiger partial charge in [-0.05, 0) is 30.7 Å². The second kappa shape index (κ2) is 7.13. The molecular formula is C13H19F3N2O2S. The molecule has 8 heteroatoms. The molecule has 21 heavy (non-hydrogen) atoms. The number of anilines is 1. The number of benzene rings is 1. The first-order valence-corrected chi connectivity index (χ1v) is 8.08. The van der Waals surface area contributed by atoms with E-state index in [9.17, 15) is 21.6 Å². The van der Waals surface area contributed by atoms with E-state index in [-0.39, 0.29) is 0 Å². The first-order chi connectivity index (χ1) is 9.74. The monoisotopic (exact) mass is 324 g/mol. The third-order valence-corrected chi connectivity index (χ3v) is 4.50. The Morgan fingerprint density at radius 3 is 2.14 bits per heavy atom. The summed E-state index contributed by atoms with van der Waals surface area (Å²) in [7, 11) is -5.29. The molecule has 0 aliphatic carbocycles. The van der Waals surface area contributed by atoms with Gasteiger partial charge in [-0.15, -0.1) is 0 Å². The minimum absolute atomic E-state index is 0.409. The first kappa shape index (κ1) is 17.8. The number of hydrogen-bond acceptors (Lipinski definition) is 4. The van der Waals surface area contributed by atoms with Crippen LogP contribution < -0.4 is 10.6 Å². The second-order valence-electron chi connectivity index (χ2n) is 4.57. The maximum atomic E-state index is 12.5. The fourth-order valence-electron chi connectivity index (χ4n) is 1.84. The van der Waals surface area contributed by atoms with Gasteiger partial charge in [0.05, 0.1) is 4.90 Å². The van der Waals surface area contributed by atoms with Gasteiger partial charge in [-0.2, -0.15) is 13.2 Å². The molecule has 0 atom stereocenters. The molecule has 120 valence electrons. The Hall–Kier alpha value is -1.28. The minimum atomic E-state index is -5.29. The Labute approximate surface area is 122 Å². The van der Waals surface area contributed by atoms with Gasteiger partial charge >= 0.3 is 5.51 Å². The van der Waals surface area contributed by atoms with Crippen LogP contribution in [0.15, 0.2) is 29.2 Å². The van der Waals surface area contributed by atoms with Crippen LogP contribution in [-0.2, 0) is 9.84 Å². The lowest BCUT2D eigenvalue weighted by atomic mass is 10.2. The van der Waals surface area contributed by atoms with E-state index in [0.29, 0.717) is 18.8 Å². The van der Waals surface area contributed by atoms with E-state index in [2.05, 4.69) is 0 Å². The van der Waals surface area contributed by atoms with Gasteiger partial charge in [0.25, 0.3) is 9.84 Å². The number of unbranched alkanes of at least 4 members (excludes halogenated alkanes) is 1. The van der Waals surface area contributed by atoms with Crippen LogP contribution in [0.5, 0.6) is 0 Å². The topological polar surface area (TPSA) is 63.4 Å². The lowest BCUT2D eigenvalue weighted by Crippen LogP contribution is -2.30. The van der Waals surface area contributed by atoms with Crippen molar-refractivity contribution < 1.29 is 21.6 Å². The molecule has 0 radical (unpaired) electrons. The van der Waals surface area contributed by atoms with Crippen molar-refractivity contribution in [2.24, 2.45) is 5.73 Å². The highest BCUT2D eigenvalue weighted by Crippen LogP contribution is 2.31. The maximum Gasteiger partial charge on any atom is 0.501 e. The standard InChI is InChI=1S/C13H19F3N2O2S/c1-2-3-9-18(10-8-17)11-4-6-12(7-5-11)21(19,20)13(14,15)16/h4-7H,2-3,8-10,17H2,1H3. The van der Waals surface area contributed by atoms with Crippen molar-refractivity contribution in [3.8, 4) is 0 Å². The molecule has 0 aliphatic rings. The molecule has 1 aromatic rings. The molecule has 0 spiro atoms. The first-order valence-electron chi connectivity index (χ1n) is 6.60. The number of hydrogen-bond donors (Lipinski definition) is 1. The summed E-state index contributed by atoms with van der Waals surface area (Å²) < 4.78 is 59.9. The Balaban J connectivity index is 3.00. The van der Waals surface area contributed by atoms with Crippen molar-refractivity contribution in [1.82, 2.24) is 0 Å². The molecular weight excluding hydrogens is 305 g/mol. The number of nitrogens with two attached hydrogens (primary N) is 1. The Morgan fingerprint density at radius 1 is 1.14 bits per heavy atom. The number of sulfone groups is 1. The van der Waals surface area contributed by atoms with E-state index >= 15 is 0 Å². The fraction of sp³-hybridized carbons (Fsp3) is 0.538. The van der Waals surface area contributed by atoms with Crippen LogP contribution in [0.3, 0.4) is 0 Å². The van der Waals surface area contributed by atoms with Gasteiger partial charge in [0.15, 0.2) is 0 Å². The van der Waals surface area contributed by atoms with Crippen molar-refractivity contribution >= 4 is 15.5 Å². The van der Waals surface area contributed by atoms with E-state index in [1.165, 1.54) is 12.1 Å². The van der Waals surface area contributed by atoms with Crippen LogP contribution in [0.2, 0.25) is 0 Å². The lowest BCUT2D eigenvalue weighted by molar-refractivity contribution is -0.0436. The van der Waals surface area contributed by atoms with Gasteiger partial charge in [0.2, 0.25) is 0 Å². The maximum absolute atomic E-state index is 12.5. The third-order valence-electron chi connectivity index (χ3n) is 3.00. The largest absolute Gasteiger partial charge is 0.501 e. The fourth-order valence-corrected chi connectivity index (χ4v) is 2.61. The predicted octanol–water partition coefficient (Wildman–Crippen LogP) is 2.55. The average Bonchev–Trinajstić information content (AvgIpc) is 2.42. The zero-order valence-corrected chi connectivity index (χ0v) is 12.5. The molecule has 0 fully saturated rings. The molecule has 1 rings (SSSR count). The van der Waals surface area contributed by atoms with Gasteiger partial charge in [-0.1, -0.05) is 13.3 Å². The smallest absolute Gasteiger partial charge is 0.370 e. The minimum Gasteiger partial charge on any atom is -0.370 e. The highest BCUT2D eigenvalue weighted by Gasteiger charge is 2.46. The summed E-state index contributed by atoms with van der Waals surface area (Å²) in [5.74, 6) is 0. The Kier molecular flexibility index (Phi) is 6.03. The quantitative estimate of drug-likeness (QED) is 0.837. The molecule has 0 amide bonds. The summed E-state index contributed by atoms with van der Waals surface area (Å²) in [4.78, 5) is 1.18. The molecule has 0 saturated heterocycles. The van der Waals surface area contributed by atoms with Crippen LogP contribution in [0.1, 0.15) is 19.8 Å². The summed E-state index contributed by atoms with van der Waals surface area (Å²) >= 11 is 0. The van der Waals surface area contributed by atoms with Crippen LogP contribution in [0.25, 0.3) is 0 Å². The van der Waals surface area contributed by atoms with E-state index in [1.807, 2.05) is 11.8 Å². The van der Waals surface area contributed by atoms with E-state index in [1.54, 1.807) is 0 Å². The van der Waals surface area contributed by atoms with E-state index in [0.717, 1.165) is 31.5 Å². The number of halogens is 3. The Morgan fingerprint density at radius 2 is 1.71 bits per heavy atom. The highest BCUT2D eigenvalue weighted by atomic mass is 32.2. The average molecular weight is 324 g/mol. The third kappa shape index (κ3) is 4.34. The van der Waals surface area contributed by atoms with Crippen LogP contribution >= 0.6 is 0 Å². The van der Waals surface area contributed by atoms with Crippen LogP contribution in [0.4, 0.5) is 18.9 Å². The number of rotatable bonds is 7. The summed E-state index contributed by atoms with van der Waals surface area (Å²) in [5, 5.41) is 0. The van der Waals surface area contributed by atoms with E-state index in [4.69, 9.17) is 5.73 Å². The van der Waals surface area contributed by atoms with Gasteiger partial charge < -0.3 is 10.6 Å². The predicted molar refractivity (Wildman–Crippen MR) is 75.9 cm³/mol. The summed E-state index contributed by atoms with van der Waals surface area (Å²) in [6, 6.07) is 4.72. The summed E-state index contributed by atoms with van der Waals surface area (Å²) in [5.41, 5.74) is 0.886. The summed E-state index contributed by atoms with van der Waals surface area (Å²) in [6.45, 7) is 3.72. The molecule has 0 unspecified atom stereocenters. The second-order valence-corrected chi connectivity index (χ2v) is 6.51. The summed E-state index contributed by atoms with van der Waals surface area (Å²) in [6.07, 6.45) is 1.89. The zero-order chi connectivity index (χ0) is 16.1. The van der Waals surface area contributed by atoms with Crippen LogP contribution in [-0.4, -0.2) is 33.6 Å². The Bertz CT molecular complexity index is 542. The number of nitrogens with zero attached hydrogens (tertiary/aromatic N) is 1. The van der Waals surface area contributed by atoms with Gasteiger partial charge in [0, 0.05) is 25.3 Å². The molecule has 1 aromatic carbocycles. The van der Waals surface area contributed by atoms with Crippen molar-refractivity contribution in [1.29, 1.82) is 0 Å². The highest BCUT2D eigenvalue weighted by molar-refractivity contribution is 7.92. The number of alkyl halides is 3. The van der Waals surface area contributed by atoms with E-state index < -0.39 is 20.2 Å².